The lowest BCUT2D eigenvalue weighted by Gasteiger charge is -2.17. The van der Waals surface area contributed by atoms with E-state index in [1.807, 2.05) is 6.92 Å². The number of rotatable bonds is 5. The fourth-order valence-corrected chi connectivity index (χ4v) is 2.39. The Kier molecular flexibility index (Phi) is 4.83. The van der Waals surface area contributed by atoms with Crippen LogP contribution in [0.1, 0.15) is 26.7 Å². The standard InChI is InChI=1S/C9H12ClN3O3S/c1-3-5-12(6(14)4-2)9-11-7(10)8(17-9)13(15)16/h3-5H2,1-2H3. The van der Waals surface area contributed by atoms with Gasteiger partial charge in [-0.05, 0) is 17.8 Å². The minimum atomic E-state index is -0.593. The molecule has 0 bridgehead atoms. The zero-order valence-electron chi connectivity index (χ0n) is 9.47. The minimum Gasteiger partial charge on any atom is -0.288 e. The molecule has 1 amide bonds. The molecule has 0 N–H and O–H groups in total. The predicted octanol–water partition coefficient (Wildman–Crippen LogP) is 2.86. The van der Waals surface area contributed by atoms with Crippen molar-refractivity contribution < 1.29 is 9.72 Å². The summed E-state index contributed by atoms with van der Waals surface area (Å²) >= 11 is 6.47. The molecule has 0 radical (unpaired) electrons. The van der Waals surface area contributed by atoms with E-state index in [0.717, 1.165) is 17.8 Å². The van der Waals surface area contributed by atoms with Crippen LogP contribution in [0, 0.1) is 10.1 Å². The fraction of sp³-hybridized carbons (Fsp3) is 0.556. The Morgan fingerprint density at radius 3 is 2.65 bits per heavy atom. The Morgan fingerprint density at radius 1 is 1.59 bits per heavy atom. The molecule has 0 fully saturated rings. The van der Waals surface area contributed by atoms with Gasteiger partial charge in [-0.2, -0.15) is 0 Å². The number of thiazole rings is 1. The molecule has 0 aliphatic rings. The second kappa shape index (κ2) is 5.92. The normalized spacial score (nSPS) is 10.3. The van der Waals surface area contributed by atoms with E-state index in [-0.39, 0.29) is 21.2 Å². The van der Waals surface area contributed by atoms with Crippen LogP contribution in [0.5, 0.6) is 0 Å². The highest BCUT2D eigenvalue weighted by molar-refractivity contribution is 7.19. The van der Waals surface area contributed by atoms with Gasteiger partial charge in [0.15, 0.2) is 5.13 Å². The van der Waals surface area contributed by atoms with Gasteiger partial charge in [0, 0.05) is 13.0 Å². The molecule has 6 nitrogen and oxygen atoms in total. The first-order valence-corrected chi connectivity index (χ1v) is 6.31. The predicted molar refractivity (Wildman–Crippen MR) is 66.7 cm³/mol. The highest BCUT2D eigenvalue weighted by Gasteiger charge is 2.25. The third-order valence-electron chi connectivity index (χ3n) is 2.01. The number of hydrogen-bond acceptors (Lipinski definition) is 5. The third-order valence-corrected chi connectivity index (χ3v) is 3.41. The van der Waals surface area contributed by atoms with E-state index in [0.29, 0.717) is 13.0 Å². The van der Waals surface area contributed by atoms with Crippen molar-refractivity contribution in [2.75, 3.05) is 11.4 Å². The highest BCUT2D eigenvalue weighted by atomic mass is 35.5. The average molecular weight is 278 g/mol. The summed E-state index contributed by atoms with van der Waals surface area (Å²) in [5.74, 6) is -0.118. The van der Waals surface area contributed by atoms with E-state index in [1.165, 1.54) is 4.90 Å². The van der Waals surface area contributed by atoms with E-state index < -0.39 is 4.92 Å². The summed E-state index contributed by atoms with van der Waals surface area (Å²) in [5.41, 5.74) is 0. The van der Waals surface area contributed by atoms with Crippen LogP contribution in [0.15, 0.2) is 0 Å². The zero-order chi connectivity index (χ0) is 13.0. The van der Waals surface area contributed by atoms with E-state index in [1.54, 1.807) is 6.92 Å². The van der Waals surface area contributed by atoms with Gasteiger partial charge < -0.3 is 0 Å². The van der Waals surface area contributed by atoms with Crippen molar-refractivity contribution in [2.45, 2.75) is 26.7 Å². The Bertz CT molecular complexity index is 435. The Balaban J connectivity index is 3.06. The largest absolute Gasteiger partial charge is 0.364 e. The van der Waals surface area contributed by atoms with Gasteiger partial charge in [0.1, 0.15) is 0 Å². The van der Waals surface area contributed by atoms with Crippen LogP contribution in [0.2, 0.25) is 5.15 Å². The summed E-state index contributed by atoms with van der Waals surface area (Å²) < 4.78 is 0. The van der Waals surface area contributed by atoms with Crippen molar-refractivity contribution in [2.24, 2.45) is 0 Å². The lowest BCUT2D eigenvalue weighted by atomic mass is 10.3. The van der Waals surface area contributed by atoms with Crippen molar-refractivity contribution >= 4 is 39.0 Å². The number of anilines is 1. The Morgan fingerprint density at radius 2 is 2.24 bits per heavy atom. The lowest BCUT2D eigenvalue weighted by molar-refractivity contribution is -0.380. The first-order chi connectivity index (χ1) is 8.01. The van der Waals surface area contributed by atoms with Crippen LogP contribution in [-0.4, -0.2) is 22.4 Å². The van der Waals surface area contributed by atoms with Gasteiger partial charge >= 0.3 is 5.00 Å². The number of nitrogens with zero attached hydrogens (tertiary/aromatic N) is 3. The molecule has 8 heteroatoms. The smallest absolute Gasteiger partial charge is 0.288 e. The van der Waals surface area contributed by atoms with Gasteiger partial charge in [-0.1, -0.05) is 25.4 Å². The molecule has 17 heavy (non-hydrogen) atoms. The van der Waals surface area contributed by atoms with Gasteiger partial charge in [0.05, 0.1) is 4.92 Å². The summed E-state index contributed by atoms with van der Waals surface area (Å²) in [7, 11) is 0. The number of amides is 1. The molecule has 1 rings (SSSR count). The number of carbonyl (C=O) groups is 1. The maximum absolute atomic E-state index is 11.7. The monoisotopic (exact) mass is 277 g/mol. The van der Waals surface area contributed by atoms with Gasteiger partial charge in [-0.15, -0.1) is 0 Å². The molecule has 1 aromatic rings. The minimum absolute atomic E-state index is 0.118. The number of carbonyl (C=O) groups excluding carboxylic acids is 1. The van der Waals surface area contributed by atoms with Gasteiger partial charge in [-0.3, -0.25) is 19.8 Å². The molecular weight excluding hydrogens is 266 g/mol. The van der Waals surface area contributed by atoms with Crippen LogP contribution in [0.4, 0.5) is 10.1 Å². The molecule has 0 aliphatic heterocycles. The van der Waals surface area contributed by atoms with Crippen LogP contribution in [0.3, 0.4) is 0 Å². The fourth-order valence-electron chi connectivity index (χ4n) is 1.25. The van der Waals surface area contributed by atoms with E-state index in [9.17, 15) is 14.9 Å². The van der Waals surface area contributed by atoms with Crippen LogP contribution in [0.25, 0.3) is 0 Å². The molecule has 1 heterocycles. The third kappa shape index (κ3) is 3.13. The second-order valence-electron chi connectivity index (χ2n) is 3.25. The number of aromatic nitrogens is 1. The van der Waals surface area contributed by atoms with E-state index in [4.69, 9.17) is 11.6 Å². The van der Waals surface area contributed by atoms with E-state index >= 15 is 0 Å². The molecule has 94 valence electrons. The number of hydrogen-bond donors (Lipinski definition) is 0. The zero-order valence-corrected chi connectivity index (χ0v) is 11.0. The summed E-state index contributed by atoms with van der Waals surface area (Å²) in [4.78, 5) is 27.0. The van der Waals surface area contributed by atoms with Crippen molar-refractivity contribution in [3.05, 3.63) is 15.3 Å². The number of halogens is 1. The van der Waals surface area contributed by atoms with E-state index in [2.05, 4.69) is 4.98 Å². The van der Waals surface area contributed by atoms with Gasteiger partial charge in [0.2, 0.25) is 11.1 Å². The van der Waals surface area contributed by atoms with Crippen molar-refractivity contribution in [1.29, 1.82) is 0 Å². The maximum atomic E-state index is 11.7. The van der Waals surface area contributed by atoms with Crippen LogP contribution in [-0.2, 0) is 4.79 Å². The molecule has 0 aliphatic carbocycles. The van der Waals surface area contributed by atoms with Crippen LogP contribution >= 0.6 is 22.9 Å². The molecule has 1 aromatic heterocycles. The lowest BCUT2D eigenvalue weighted by Crippen LogP contribution is -2.30. The summed E-state index contributed by atoms with van der Waals surface area (Å²) in [6, 6.07) is 0. The number of nitro groups is 1. The molecule has 0 atom stereocenters. The van der Waals surface area contributed by atoms with Crippen molar-refractivity contribution in [3.8, 4) is 0 Å². The first-order valence-electron chi connectivity index (χ1n) is 5.12. The quantitative estimate of drug-likeness (QED) is 0.612. The van der Waals surface area contributed by atoms with Crippen molar-refractivity contribution in [3.63, 3.8) is 0 Å². The average Bonchev–Trinajstić information content (AvgIpc) is 2.67. The Hall–Kier alpha value is -1.21. The molecule has 0 saturated heterocycles. The molecule has 0 unspecified atom stereocenters. The summed E-state index contributed by atoms with van der Waals surface area (Å²) in [5, 5.41) is 10.5. The molecular formula is C9H12ClN3O3S. The molecule has 0 aromatic carbocycles. The molecule has 0 saturated carbocycles. The topological polar surface area (TPSA) is 76.3 Å². The summed E-state index contributed by atoms with van der Waals surface area (Å²) in [6.45, 7) is 4.13. The van der Waals surface area contributed by atoms with Gasteiger partial charge in [-0.25, -0.2) is 4.98 Å². The van der Waals surface area contributed by atoms with Crippen LogP contribution < -0.4 is 4.90 Å². The van der Waals surface area contributed by atoms with Crippen molar-refractivity contribution in [1.82, 2.24) is 4.98 Å². The summed E-state index contributed by atoms with van der Waals surface area (Å²) in [6.07, 6.45) is 1.07. The highest BCUT2D eigenvalue weighted by Crippen LogP contribution is 2.36. The first kappa shape index (κ1) is 13.9. The molecule has 0 spiro atoms. The SMILES string of the molecule is CCCN(C(=O)CC)c1nc(Cl)c([N+](=O)[O-])s1. The Labute approximate surface area is 107 Å². The maximum Gasteiger partial charge on any atom is 0.364 e. The second-order valence-corrected chi connectivity index (χ2v) is 4.56. The van der Waals surface area contributed by atoms with Gasteiger partial charge in [0.25, 0.3) is 0 Å².